The molecule has 0 fully saturated rings. The average Bonchev–Trinajstić information content (AvgIpc) is 2.47. The molecule has 1 atom stereocenters. The summed E-state index contributed by atoms with van der Waals surface area (Å²) >= 11 is 0. The Morgan fingerprint density at radius 1 is 1.21 bits per heavy atom. The molecule has 2 rings (SSSR count). The van der Waals surface area contributed by atoms with Gasteiger partial charge in [0.2, 0.25) is 0 Å². The van der Waals surface area contributed by atoms with Crippen LogP contribution in [0.25, 0.3) is 5.57 Å². The lowest BCUT2D eigenvalue weighted by Gasteiger charge is -2.23. The largest absolute Gasteiger partial charge is 0.480 e. The van der Waals surface area contributed by atoms with E-state index in [-0.39, 0.29) is 6.42 Å². The maximum atomic E-state index is 11.4. The van der Waals surface area contributed by atoms with Crippen molar-refractivity contribution in [2.45, 2.75) is 6.42 Å². The summed E-state index contributed by atoms with van der Waals surface area (Å²) in [5.41, 5.74) is -0.106. The number of benzene rings is 1. The SMILES string of the molecule is O=C(O)C1(C(=O)OO)C=CC(c2ccccc2)=CC1. The molecule has 0 aliphatic heterocycles. The number of carboxylic acids is 1. The van der Waals surface area contributed by atoms with E-state index in [2.05, 4.69) is 4.89 Å². The van der Waals surface area contributed by atoms with Crippen LogP contribution in [0, 0.1) is 5.41 Å². The molecule has 1 aliphatic rings. The first-order chi connectivity index (χ1) is 9.10. The number of carbonyl (C=O) groups is 2. The van der Waals surface area contributed by atoms with Gasteiger partial charge in [0.05, 0.1) is 0 Å². The molecule has 1 aromatic rings. The Kier molecular flexibility index (Phi) is 3.48. The van der Waals surface area contributed by atoms with Crippen LogP contribution in [0.1, 0.15) is 12.0 Å². The molecule has 1 unspecified atom stereocenters. The van der Waals surface area contributed by atoms with Crippen molar-refractivity contribution in [1.82, 2.24) is 0 Å². The summed E-state index contributed by atoms with van der Waals surface area (Å²) in [6, 6.07) is 9.37. The van der Waals surface area contributed by atoms with Crippen molar-refractivity contribution in [2.75, 3.05) is 0 Å². The lowest BCUT2D eigenvalue weighted by Crippen LogP contribution is -2.39. The summed E-state index contributed by atoms with van der Waals surface area (Å²) in [5, 5.41) is 17.6. The first-order valence-electron chi connectivity index (χ1n) is 5.64. The zero-order valence-electron chi connectivity index (χ0n) is 9.95. The van der Waals surface area contributed by atoms with Crippen molar-refractivity contribution < 1.29 is 24.8 Å². The second-order valence-electron chi connectivity index (χ2n) is 4.22. The fourth-order valence-electron chi connectivity index (χ4n) is 1.96. The molecule has 0 saturated carbocycles. The Bertz CT molecular complexity index is 558. The van der Waals surface area contributed by atoms with Gasteiger partial charge in [0.1, 0.15) is 0 Å². The summed E-state index contributed by atoms with van der Waals surface area (Å²) in [6.07, 6.45) is 4.36. The number of hydrogen-bond donors (Lipinski definition) is 2. The highest BCUT2D eigenvalue weighted by Gasteiger charge is 2.46. The van der Waals surface area contributed by atoms with Gasteiger partial charge < -0.3 is 5.11 Å². The lowest BCUT2D eigenvalue weighted by molar-refractivity contribution is -0.243. The quantitative estimate of drug-likeness (QED) is 0.494. The van der Waals surface area contributed by atoms with E-state index in [1.807, 2.05) is 30.3 Å². The van der Waals surface area contributed by atoms with Gasteiger partial charge in [0, 0.05) is 0 Å². The molecule has 0 saturated heterocycles. The zero-order chi connectivity index (χ0) is 13.9. The number of allylic oxidation sites excluding steroid dienone is 3. The Labute approximate surface area is 109 Å². The molecule has 0 aromatic heterocycles. The molecular weight excluding hydrogens is 248 g/mol. The summed E-state index contributed by atoms with van der Waals surface area (Å²) in [4.78, 5) is 26.3. The van der Waals surface area contributed by atoms with Crippen LogP contribution in [0.15, 0.2) is 48.6 Å². The minimum atomic E-state index is -1.85. The predicted molar refractivity (Wildman–Crippen MR) is 67.0 cm³/mol. The Morgan fingerprint density at radius 3 is 2.37 bits per heavy atom. The monoisotopic (exact) mass is 260 g/mol. The molecule has 5 heteroatoms. The number of aliphatic carboxylic acids is 1. The van der Waals surface area contributed by atoms with Crippen LogP contribution < -0.4 is 0 Å². The lowest BCUT2D eigenvalue weighted by atomic mass is 9.79. The number of carbonyl (C=O) groups excluding carboxylic acids is 1. The van der Waals surface area contributed by atoms with E-state index in [1.54, 1.807) is 12.2 Å². The normalized spacial score (nSPS) is 21.6. The summed E-state index contributed by atoms with van der Waals surface area (Å²) in [6.45, 7) is 0. The van der Waals surface area contributed by atoms with Crippen LogP contribution in [0.2, 0.25) is 0 Å². The van der Waals surface area contributed by atoms with Gasteiger partial charge in [-0.15, -0.1) is 0 Å². The van der Waals surface area contributed by atoms with Gasteiger partial charge in [0.25, 0.3) is 0 Å². The van der Waals surface area contributed by atoms with Gasteiger partial charge in [-0.2, -0.15) is 5.26 Å². The van der Waals surface area contributed by atoms with E-state index in [0.29, 0.717) is 0 Å². The van der Waals surface area contributed by atoms with Crippen molar-refractivity contribution in [2.24, 2.45) is 5.41 Å². The van der Waals surface area contributed by atoms with E-state index in [0.717, 1.165) is 11.1 Å². The average molecular weight is 260 g/mol. The van der Waals surface area contributed by atoms with Crippen LogP contribution in [0.4, 0.5) is 0 Å². The molecule has 0 amide bonds. The van der Waals surface area contributed by atoms with Crippen molar-refractivity contribution in [3.05, 3.63) is 54.1 Å². The number of carboxylic acid groups (broad SMARTS) is 1. The van der Waals surface area contributed by atoms with Crippen molar-refractivity contribution in [1.29, 1.82) is 0 Å². The Morgan fingerprint density at radius 2 is 1.89 bits per heavy atom. The molecule has 1 aromatic carbocycles. The zero-order valence-corrected chi connectivity index (χ0v) is 9.95. The van der Waals surface area contributed by atoms with Gasteiger partial charge in [-0.3, -0.25) is 9.68 Å². The third-order valence-electron chi connectivity index (χ3n) is 3.13. The summed E-state index contributed by atoms with van der Waals surface area (Å²) in [7, 11) is 0. The molecule has 0 spiro atoms. The second kappa shape index (κ2) is 5.07. The maximum absolute atomic E-state index is 11.4. The van der Waals surface area contributed by atoms with Crippen LogP contribution in [0.3, 0.4) is 0 Å². The minimum absolute atomic E-state index is 0.0670. The summed E-state index contributed by atoms with van der Waals surface area (Å²) < 4.78 is 0. The standard InChI is InChI=1S/C14H12O5/c15-12(16)14(13(17)19-18)8-6-11(7-9-14)10-4-2-1-3-5-10/h1-8,18H,9H2,(H,15,16). The minimum Gasteiger partial charge on any atom is -0.480 e. The third kappa shape index (κ3) is 2.28. The molecule has 1 aliphatic carbocycles. The van der Waals surface area contributed by atoms with E-state index >= 15 is 0 Å². The maximum Gasteiger partial charge on any atom is 0.363 e. The molecule has 98 valence electrons. The highest BCUT2D eigenvalue weighted by molar-refractivity contribution is 6.02. The molecule has 0 radical (unpaired) electrons. The van der Waals surface area contributed by atoms with Crippen LogP contribution in [-0.2, 0) is 14.5 Å². The van der Waals surface area contributed by atoms with E-state index in [9.17, 15) is 9.59 Å². The Hall–Kier alpha value is -2.40. The first kappa shape index (κ1) is 13.0. The van der Waals surface area contributed by atoms with Crippen LogP contribution in [-0.4, -0.2) is 22.3 Å². The molecule has 5 nitrogen and oxygen atoms in total. The number of rotatable bonds is 3. The van der Waals surface area contributed by atoms with E-state index in [4.69, 9.17) is 10.4 Å². The molecule has 0 heterocycles. The molecule has 2 N–H and O–H groups in total. The number of hydrogen-bond acceptors (Lipinski definition) is 4. The fraction of sp³-hybridized carbons (Fsp3) is 0.143. The van der Waals surface area contributed by atoms with Crippen molar-refractivity contribution in [3.63, 3.8) is 0 Å². The molecule has 0 bridgehead atoms. The predicted octanol–water partition coefficient (Wildman–Crippen LogP) is 2.12. The topological polar surface area (TPSA) is 83.8 Å². The van der Waals surface area contributed by atoms with Crippen LogP contribution >= 0.6 is 0 Å². The summed E-state index contributed by atoms with van der Waals surface area (Å²) in [5.74, 6) is -2.55. The van der Waals surface area contributed by atoms with Gasteiger partial charge in [-0.1, -0.05) is 48.6 Å². The highest BCUT2D eigenvalue weighted by Crippen LogP contribution is 2.34. The fourth-order valence-corrected chi connectivity index (χ4v) is 1.96. The van der Waals surface area contributed by atoms with Crippen molar-refractivity contribution in [3.8, 4) is 0 Å². The van der Waals surface area contributed by atoms with Crippen LogP contribution in [0.5, 0.6) is 0 Å². The third-order valence-corrected chi connectivity index (χ3v) is 3.13. The highest BCUT2D eigenvalue weighted by atomic mass is 17.1. The van der Waals surface area contributed by atoms with E-state index < -0.39 is 17.4 Å². The Balaban J connectivity index is 2.31. The van der Waals surface area contributed by atoms with E-state index in [1.165, 1.54) is 6.08 Å². The van der Waals surface area contributed by atoms with Gasteiger partial charge >= 0.3 is 11.9 Å². The van der Waals surface area contributed by atoms with Gasteiger partial charge in [-0.05, 0) is 17.6 Å². The van der Waals surface area contributed by atoms with Crippen molar-refractivity contribution >= 4 is 17.5 Å². The second-order valence-corrected chi connectivity index (χ2v) is 4.22. The van der Waals surface area contributed by atoms with Gasteiger partial charge in [-0.25, -0.2) is 4.79 Å². The molecular formula is C14H12O5. The van der Waals surface area contributed by atoms with Gasteiger partial charge in [0.15, 0.2) is 5.41 Å². The molecule has 19 heavy (non-hydrogen) atoms. The smallest absolute Gasteiger partial charge is 0.363 e. The first-order valence-corrected chi connectivity index (χ1v) is 5.64.